The summed E-state index contributed by atoms with van der Waals surface area (Å²) >= 11 is 0. The topological polar surface area (TPSA) is 24.5 Å². The third kappa shape index (κ3) is 3.44. The Kier molecular flexibility index (Phi) is 4.00. The number of hydrogen-bond donors (Lipinski definition) is 1. The normalized spacial score (nSPS) is 25.8. The molecule has 0 spiro atoms. The second kappa shape index (κ2) is 5.28. The van der Waals surface area contributed by atoms with Gasteiger partial charge in [0, 0.05) is 37.9 Å². The molecule has 1 N–H and O–H groups in total. The molecule has 3 nitrogen and oxygen atoms in total. The van der Waals surface area contributed by atoms with E-state index in [2.05, 4.69) is 24.2 Å². The number of hydrogen-bond acceptors (Lipinski definition) is 3. The first-order valence-corrected chi connectivity index (χ1v) is 6.30. The van der Waals surface area contributed by atoms with Crippen molar-refractivity contribution in [2.45, 2.75) is 50.7 Å². The highest BCUT2D eigenvalue weighted by Crippen LogP contribution is 2.19. The molecule has 1 atom stereocenters. The second-order valence-corrected chi connectivity index (χ2v) is 5.04. The first-order chi connectivity index (χ1) is 7.27. The zero-order valence-electron chi connectivity index (χ0n) is 10.0. The maximum absolute atomic E-state index is 5.40. The molecule has 1 saturated carbocycles. The van der Waals surface area contributed by atoms with E-state index in [1.807, 2.05) is 0 Å². The van der Waals surface area contributed by atoms with E-state index in [4.69, 9.17) is 4.74 Å². The van der Waals surface area contributed by atoms with E-state index in [1.54, 1.807) is 0 Å². The first-order valence-electron chi connectivity index (χ1n) is 6.30. The second-order valence-electron chi connectivity index (χ2n) is 5.04. The van der Waals surface area contributed by atoms with Crippen LogP contribution in [0.1, 0.15) is 32.6 Å². The smallest absolute Gasteiger partial charge is 0.0480 e. The van der Waals surface area contributed by atoms with Crippen molar-refractivity contribution in [3.8, 4) is 0 Å². The average Bonchev–Trinajstić information content (AvgIpc) is 3.10. The van der Waals surface area contributed by atoms with Crippen molar-refractivity contribution < 1.29 is 4.74 Å². The van der Waals surface area contributed by atoms with Gasteiger partial charge in [-0.1, -0.05) is 0 Å². The van der Waals surface area contributed by atoms with Gasteiger partial charge >= 0.3 is 0 Å². The average molecular weight is 212 g/mol. The van der Waals surface area contributed by atoms with Crippen molar-refractivity contribution in [3.05, 3.63) is 0 Å². The van der Waals surface area contributed by atoms with Crippen molar-refractivity contribution in [2.24, 2.45) is 0 Å². The highest BCUT2D eigenvalue weighted by molar-refractivity contribution is 4.84. The van der Waals surface area contributed by atoms with Crippen LogP contribution in [-0.2, 0) is 4.74 Å². The molecule has 0 amide bonds. The molecular formula is C12H24N2O. The standard InChI is InChI=1S/C12H24N2O/c1-10(9-13-11-3-4-11)14(2)12-5-7-15-8-6-12/h10-13H,3-9H2,1-2H3. The van der Waals surface area contributed by atoms with E-state index in [0.29, 0.717) is 6.04 Å². The van der Waals surface area contributed by atoms with Gasteiger partial charge in [-0.25, -0.2) is 0 Å². The zero-order chi connectivity index (χ0) is 10.7. The van der Waals surface area contributed by atoms with Gasteiger partial charge in [-0.2, -0.15) is 0 Å². The van der Waals surface area contributed by atoms with E-state index < -0.39 is 0 Å². The molecule has 0 radical (unpaired) electrons. The fourth-order valence-electron chi connectivity index (χ4n) is 2.22. The molecule has 2 fully saturated rings. The van der Waals surface area contributed by atoms with Gasteiger partial charge in [-0.05, 0) is 39.7 Å². The van der Waals surface area contributed by atoms with Gasteiger partial charge in [0.25, 0.3) is 0 Å². The van der Waals surface area contributed by atoms with Crippen LogP contribution >= 0.6 is 0 Å². The van der Waals surface area contributed by atoms with Gasteiger partial charge in [0.05, 0.1) is 0 Å². The lowest BCUT2D eigenvalue weighted by Gasteiger charge is -2.35. The molecule has 2 rings (SSSR count). The number of likely N-dealkylation sites (N-methyl/N-ethyl adjacent to an activating group) is 1. The summed E-state index contributed by atoms with van der Waals surface area (Å²) in [7, 11) is 2.26. The van der Waals surface area contributed by atoms with E-state index in [1.165, 1.54) is 25.7 Å². The minimum atomic E-state index is 0.647. The number of nitrogens with zero attached hydrogens (tertiary/aromatic N) is 1. The maximum atomic E-state index is 5.40. The predicted molar refractivity (Wildman–Crippen MR) is 62.1 cm³/mol. The number of nitrogens with one attached hydrogen (secondary N) is 1. The summed E-state index contributed by atoms with van der Waals surface area (Å²) in [4.78, 5) is 2.53. The summed E-state index contributed by atoms with van der Waals surface area (Å²) in [6.07, 6.45) is 5.16. The Balaban J connectivity index is 1.69. The largest absolute Gasteiger partial charge is 0.381 e. The summed E-state index contributed by atoms with van der Waals surface area (Å²) < 4.78 is 5.40. The van der Waals surface area contributed by atoms with Crippen LogP contribution in [-0.4, -0.2) is 49.8 Å². The Morgan fingerprint density at radius 1 is 1.27 bits per heavy atom. The zero-order valence-corrected chi connectivity index (χ0v) is 10.0. The Morgan fingerprint density at radius 2 is 1.93 bits per heavy atom. The van der Waals surface area contributed by atoms with Gasteiger partial charge in [0.15, 0.2) is 0 Å². The fraction of sp³-hybridized carbons (Fsp3) is 1.00. The highest BCUT2D eigenvalue weighted by Gasteiger charge is 2.25. The monoisotopic (exact) mass is 212 g/mol. The molecule has 0 bridgehead atoms. The van der Waals surface area contributed by atoms with Gasteiger partial charge in [0.2, 0.25) is 0 Å². The fourth-order valence-corrected chi connectivity index (χ4v) is 2.22. The predicted octanol–water partition coefficient (Wildman–Crippen LogP) is 1.24. The van der Waals surface area contributed by atoms with Crippen molar-refractivity contribution in [3.63, 3.8) is 0 Å². The summed E-state index contributed by atoms with van der Waals surface area (Å²) in [5.41, 5.74) is 0. The Hall–Kier alpha value is -0.120. The van der Waals surface area contributed by atoms with Crippen LogP contribution in [0.15, 0.2) is 0 Å². The van der Waals surface area contributed by atoms with Crippen molar-refractivity contribution >= 4 is 0 Å². The van der Waals surface area contributed by atoms with Crippen LogP contribution in [0.4, 0.5) is 0 Å². The molecule has 0 aromatic heterocycles. The van der Waals surface area contributed by atoms with E-state index in [0.717, 1.165) is 31.8 Å². The molecule has 15 heavy (non-hydrogen) atoms. The SMILES string of the molecule is CC(CNC1CC1)N(C)C1CCOCC1. The Labute approximate surface area is 93.2 Å². The molecule has 2 aliphatic rings. The maximum Gasteiger partial charge on any atom is 0.0480 e. The molecule has 88 valence electrons. The lowest BCUT2D eigenvalue weighted by molar-refractivity contribution is 0.0311. The van der Waals surface area contributed by atoms with Crippen LogP contribution in [0.5, 0.6) is 0 Å². The van der Waals surface area contributed by atoms with Crippen molar-refractivity contribution in [1.29, 1.82) is 0 Å². The van der Waals surface area contributed by atoms with Gasteiger partial charge in [0.1, 0.15) is 0 Å². The van der Waals surface area contributed by atoms with E-state index in [-0.39, 0.29) is 0 Å². The molecular weight excluding hydrogens is 188 g/mol. The van der Waals surface area contributed by atoms with Crippen LogP contribution in [0, 0.1) is 0 Å². The van der Waals surface area contributed by atoms with Crippen molar-refractivity contribution in [1.82, 2.24) is 10.2 Å². The lowest BCUT2D eigenvalue weighted by atomic mass is 10.1. The Morgan fingerprint density at radius 3 is 2.53 bits per heavy atom. The molecule has 1 heterocycles. The highest BCUT2D eigenvalue weighted by atomic mass is 16.5. The molecule has 1 aliphatic heterocycles. The summed E-state index contributed by atoms with van der Waals surface area (Å²) in [6, 6.07) is 2.21. The molecule has 3 heteroatoms. The van der Waals surface area contributed by atoms with Gasteiger partial charge in [-0.3, -0.25) is 4.90 Å². The van der Waals surface area contributed by atoms with E-state index in [9.17, 15) is 0 Å². The minimum Gasteiger partial charge on any atom is -0.381 e. The summed E-state index contributed by atoms with van der Waals surface area (Å²) in [6.45, 7) is 5.35. The lowest BCUT2D eigenvalue weighted by Crippen LogP contribution is -2.46. The molecule has 0 aromatic carbocycles. The van der Waals surface area contributed by atoms with Crippen LogP contribution in [0.2, 0.25) is 0 Å². The third-order valence-electron chi connectivity index (χ3n) is 3.74. The number of rotatable bonds is 5. The summed E-state index contributed by atoms with van der Waals surface area (Å²) in [5, 5.41) is 3.60. The third-order valence-corrected chi connectivity index (χ3v) is 3.74. The molecule has 1 aliphatic carbocycles. The van der Waals surface area contributed by atoms with Crippen molar-refractivity contribution in [2.75, 3.05) is 26.8 Å². The molecule has 1 unspecified atom stereocenters. The quantitative estimate of drug-likeness (QED) is 0.742. The van der Waals surface area contributed by atoms with E-state index >= 15 is 0 Å². The van der Waals surface area contributed by atoms with Crippen LogP contribution < -0.4 is 5.32 Å². The first kappa shape index (κ1) is 11.4. The summed E-state index contributed by atoms with van der Waals surface area (Å²) in [5.74, 6) is 0. The minimum absolute atomic E-state index is 0.647. The van der Waals surface area contributed by atoms with Crippen LogP contribution in [0.25, 0.3) is 0 Å². The molecule has 0 aromatic rings. The number of ether oxygens (including phenoxy) is 1. The Bertz CT molecular complexity index is 188. The molecule has 1 saturated heterocycles. The van der Waals surface area contributed by atoms with Crippen LogP contribution in [0.3, 0.4) is 0 Å². The van der Waals surface area contributed by atoms with Gasteiger partial charge < -0.3 is 10.1 Å². The van der Waals surface area contributed by atoms with Gasteiger partial charge in [-0.15, -0.1) is 0 Å².